The van der Waals surface area contributed by atoms with E-state index in [2.05, 4.69) is 108 Å². The van der Waals surface area contributed by atoms with Crippen LogP contribution < -0.4 is 0 Å². The van der Waals surface area contributed by atoms with E-state index in [1.165, 1.54) is 0 Å². The summed E-state index contributed by atoms with van der Waals surface area (Å²) in [5.41, 5.74) is 11.4. The number of para-hydroxylation sites is 3. The monoisotopic (exact) mass is 600 g/mol. The van der Waals surface area contributed by atoms with Crippen LogP contribution in [0.4, 0.5) is 0 Å². The van der Waals surface area contributed by atoms with Crippen LogP contribution in [0, 0.1) is 11.3 Å². The maximum atomic E-state index is 9.66. The molecule has 10 rings (SSSR count). The zero-order valence-electron chi connectivity index (χ0n) is 25.1. The molecule has 0 radical (unpaired) electrons. The van der Waals surface area contributed by atoms with Gasteiger partial charge >= 0.3 is 0 Å². The third-order valence-electron chi connectivity index (χ3n) is 9.42. The van der Waals surface area contributed by atoms with Crippen LogP contribution in [0.15, 0.2) is 154 Å². The van der Waals surface area contributed by atoms with Gasteiger partial charge in [-0.3, -0.25) is 0 Å². The second kappa shape index (κ2) is 9.71. The van der Waals surface area contributed by atoms with E-state index in [9.17, 15) is 5.26 Å². The fourth-order valence-corrected chi connectivity index (χ4v) is 7.37. The summed E-state index contributed by atoms with van der Waals surface area (Å²) in [7, 11) is 0. The second-order valence-corrected chi connectivity index (χ2v) is 12.0. The molecule has 3 aromatic heterocycles. The summed E-state index contributed by atoms with van der Waals surface area (Å²) in [6, 6.07) is 52.4. The Hall–Kier alpha value is -6.57. The van der Waals surface area contributed by atoms with Crippen molar-refractivity contribution in [3.8, 4) is 34.0 Å². The van der Waals surface area contributed by atoms with Crippen molar-refractivity contribution in [3.05, 3.63) is 151 Å². The molecule has 0 saturated heterocycles. The molecule has 0 aliphatic heterocycles. The normalized spacial score (nSPS) is 11.8. The second-order valence-electron chi connectivity index (χ2n) is 12.0. The van der Waals surface area contributed by atoms with E-state index in [0.29, 0.717) is 5.56 Å². The first-order chi connectivity index (χ1) is 23.3. The molecule has 0 aliphatic carbocycles. The third-order valence-corrected chi connectivity index (χ3v) is 9.42. The van der Waals surface area contributed by atoms with Crippen LogP contribution in [0.2, 0.25) is 0 Å². The molecule has 0 fully saturated rings. The molecule has 7 aromatic carbocycles. The molecule has 3 heterocycles. The zero-order chi connectivity index (χ0) is 31.1. The van der Waals surface area contributed by atoms with E-state index in [1.54, 1.807) is 0 Å². The number of furan rings is 2. The minimum absolute atomic E-state index is 0.641. The van der Waals surface area contributed by atoms with Crippen LogP contribution in [0.25, 0.3) is 93.6 Å². The van der Waals surface area contributed by atoms with Gasteiger partial charge in [-0.2, -0.15) is 5.26 Å². The van der Waals surface area contributed by atoms with E-state index in [1.807, 2.05) is 48.5 Å². The summed E-state index contributed by atoms with van der Waals surface area (Å²) < 4.78 is 15.5. The molecule has 47 heavy (non-hydrogen) atoms. The highest BCUT2D eigenvalue weighted by Gasteiger charge is 2.21. The highest BCUT2D eigenvalue weighted by molar-refractivity contribution is 6.18. The summed E-state index contributed by atoms with van der Waals surface area (Å²) in [5, 5.41) is 16.1. The number of benzene rings is 7. The standard InChI is InChI=1S/C43H24N2O2/c44-25-26-20-21-37-34(22-26)30-12-4-6-16-36(30)45(37)38-17-8-15-31-35-24-28(23-33(42(35)47-43(31)38)27-10-2-1-3-11-27)29-14-9-19-40-41(29)32-13-5-7-18-39(32)46-40/h1-24H. The maximum absolute atomic E-state index is 9.66. The molecular weight excluding hydrogens is 576 g/mol. The van der Waals surface area contributed by atoms with Gasteiger partial charge in [0.05, 0.1) is 28.4 Å². The van der Waals surface area contributed by atoms with Crippen molar-refractivity contribution >= 4 is 65.7 Å². The summed E-state index contributed by atoms with van der Waals surface area (Å²) in [4.78, 5) is 0. The molecule has 0 bridgehead atoms. The molecule has 0 saturated carbocycles. The van der Waals surface area contributed by atoms with Gasteiger partial charge in [0.1, 0.15) is 16.7 Å². The predicted octanol–water partition coefficient (Wildman–Crippen LogP) is 11.8. The SMILES string of the molecule is N#Cc1ccc2c(c1)c1ccccc1n2-c1cccc2c1oc1c(-c3ccccc3)cc(-c3cccc4oc5ccccc5c34)cc12. The van der Waals surface area contributed by atoms with E-state index in [0.717, 1.165) is 93.6 Å². The largest absolute Gasteiger partial charge is 0.456 e. The molecular formula is C43H24N2O2. The Balaban J connectivity index is 1.31. The van der Waals surface area contributed by atoms with Crippen LogP contribution in [-0.4, -0.2) is 4.57 Å². The molecule has 10 aromatic rings. The lowest BCUT2D eigenvalue weighted by molar-refractivity contribution is 0.667. The Morgan fingerprint density at radius 2 is 1.21 bits per heavy atom. The van der Waals surface area contributed by atoms with Crippen molar-refractivity contribution in [2.24, 2.45) is 0 Å². The Labute approximate surface area is 268 Å². The zero-order valence-corrected chi connectivity index (χ0v) is 25.1. The molecule has 0 amide bonds. The van der Waals surface area contributed by atoms with Gasteiger partial charge in [-0.1, -0.05) is 91.0 Å². The third kappa shape index (κ3) is 3.69. The summed E-state index contributed by atoms with van der Waals surface area (Å²) in [6.45, 7) is 0. The lowest BCUT2D eigenvalue weighted by Crippen LogP contribution is -1.94. The van der Waals surface area contributed by atoms with Crippen LogP contribution >= 0.6 is 0 Å². The van der Waals surface area contributed by atoms with E-state index in [-0.39, 0.29) is 0 Å². The Morgan fingerprint density at radius 3 is 2.11 bits per heavy atom. The van der Waals surface area contributed by atoms with Crippen molar-refractivity contribution in [1.82, 2.24) is 4.57 Å². The van der Waals surface area contributed by atoms with Crippen LogP contribution in [0.3, 0.4) is 0 Å². The number of aromatic nitrogens is 1. The number of hydrogen-bond donors (Lipinski definition) is 0. The molecule has 4 nitrogen and oxygen atoms in total. The first-order valence-electron chi connectivity index (χ1n) is 15.7. The minimum Gasteiger partial charge on any atom is -0.456 e. The quantitative estimate of drug-likeness (QED) is 0.203. The smallest absolute Gasteiger partial charge is 0.159 e. The topological polar surface area (TPSA) is 55.0 Å². The average Bonchev–Trinajstić information content (AvgIpc) is 3.81. The Kier molecular flexibility index (Phi) is 5.32. The van der Waals surface area contributed by atoms with Crippen molar-refractivity contribution in [3.63, 3.8) is 0 Å². The Morgan fingerprint density at radius 1 is 0.468 bits per heavy atom. The lowest BCUT2D eigenvalue weighted by atomic mass is 9.93. The number of rotatable bonds is 3. The van der Waals surface area contributed by atoms with E-state index in [4.69, 9.17) is 8.83 Å². The number of nitrogens with zero attached hydrogens (tertiary/aromatic N) is 2. The van der Waals surface area contributed by atoms with Gasteiger partial charge in [-0.25, -0.2) is 0 Å². The fraction of sp³-hybridized carbons (Fsp3) is 0. The first-order valence-corrected chi connectivity index (χ1v) is 15.7. The average molecular weight is 601 g/mol. The van der Waals surface area contributed by atoms with Gasteiger partial charge in [-0.05, 0) is 71.3 Å². The van der Waals surface area contributed by atoms with Crippen molar-refractivity contribution in [2.45, 2.75) is 0 Å². The van der Waals surface area contributed by atoms with Crippen molar-refractivity contribution in [2.75, 3.05) is 0 Å². The molecule has 0 unspecified atom stereocenters. The Bertz CT molecular complexity index is 2920. The molecule has 0 aliphatic rings. The maximum Gasteiger partial charge on any atom is 0.159 e. The van der Waals surface area contributed by atoms with E-state index >= 15 is 0 Å². The molecule has 218 valence electrons. The molecule has 0 spiro atoms. The number of fused-ring (bicyclic) bond motifs is 9. The summed E-state index contributed by atoms with van der Waals surface area (Å²) in [5.74, 6) is 0. The molecule has 0 N–H and O–H groups in total. The predicted molar refractivity (Wildman–Crippen MR) is 191 cm³/mol. The fourth-order valence-electron chi connectivity index (χ4n) is 7.37. The van der Waals surface area contributed by atoms with Gasteiger partial charge in [0, 0.05) is 37.9 Å². The van der Waals surface area contributed by atoms with Gasteiger partial charge < -0.3 is 13.4 Å². The van der Waals surface area contributed by atoms with Crippen LogP contribution in [0.1, 0.15) is 5.56 Å². The molecule has 0 atom stereocenters. The van der Waals surface area contributed by atoms with Gasteiger partial charge in [0.15, 0.2) is 5.58 Å². The first kappa shape index (κ1) is 25.7. The van der Waals surface area contributed by atoms with E-state index < -0.39 is 0 Å². The number of hydrogen-bond acceptors (Lipinski definition) is 3. The van der Waals surface area contributed by atoms with Gasteiger partial charge in [0.25, 0.3) is 0 Å². The lowest BCUT2D eigenvalue weighted by Gasteiger charge is -2.09. The van der Waals surface area contributed by atoms with Gasteiger partial charge in [0.2, 0.25) is 0 Å². The highest BCUT2D eigenvalue weighted by atomic mass is 16.3. The minimum atomic E-state index is 0.641. The van der Waals surface area contributed by atoms with Crippen molar-refractivity contribution < 1.29 is 8.83 Å². The van der Waals surface area contributed by atoms with Crippen LogP contribution in [0.5, 0.6) is 0 Å². The number of nitriles is 1. The molecule has 4 heteroatoms. The van der Waals surface area contributed by atoms with Crippen LogP contribution in [-0.2, 0) is 0 Å². The van der Waals surface area contributed by atoms with Crippen molar-refractivity contribution in [1.29, 1.82) is 5.26 Å². The summed E-state index contributed by atoms with van der Waals surface area (Å²) in [6.07, 6.45) is 0. The summed E-state index contributed by atoms with van der Waals surface area (Å²) >= 11 is 0. The highest BCUT2D eigenvalue weighted by Crippen LogP contribution is 2.44. The van der Waals surface area contributed by atoms with Gasteiger partial charge in [-0.15, -0.1) is 0 Å².